The first-order chi connectivity index (χ1) is 10.0. The number of rotatable bonds is 4. The van der Waals surface area contributed by atoms with Gasteiger partial charge < -0.3 is 15.4 Å². The summed E-state index contributed by atoms with van der Waals surface area (Å²) in [6.45, 7) is 2.23. The number of hydrogen-bond donors (Lipinski definition) is 1. The molecule has 1 fully saturated rings. The van der Waals surface area contributed by atoms with Gasteiger partial charge in [0.15, 0.2) is 0 Å². The van der Waals surface area contributed by atoms with E-state index in [1.165, 1.54) is 6.42 Å². The van der Waals surface area contributed by atoms with E-state index in [1.54, 1.807) is 12.1 Å². The lowest BCUT2D eigenvalue weighted by Gasteiger charge is -2.27. The number of ether oxygens (including phenoxy) is 1. The van der Waals surface area contributed by atoms with E-state index in [2.05, 4.69) is 6.92 Å². The molecule has 0 aromatic heterocycles. The molecule has 0 atom stereocenters. The van der Waals surface area contributed by atoms with Crippen molar-refractivity contribution in [2.24, 2.45) is 5.92 Å². The number of nitrogen functional groups attached to an aromatic ring is 1. The molecule has 116 valence electrons. The van der Waals surface area contributed by atoms with Crippen LogP contribution in [-0.2, 0) is 4.74 Å². The topological polar surface area (TPSA) is 55.6 Å². The predicted octanol–water partition coefficient (Wildman–Crippen LogP) is 3.46. The Morgan fingerprint density at radius 1 is 1.29 bits per heavy atom. The Bertz CT molecular complexity index is 492. The highest BCUT2D eigenvalue weighted by Crippen LogP contribution is 2.29. The molecule has 2 rings (SSSR count). The van der Waals surface area contributed by atoms with Crippen LogP contribution in [0.15, 0.2) is 18.2 Å². The molecule has 21 heavy (non-hydrogen) atoms. The molecule has 1 aliphatic carbocycles. The molecule has 1 saturated carbocycles. The van der Waals surface area contributed by atoms with Gasteiger partial charge in [-0.1, -0.05) is 13.3 Å². The molecule has 1 aliphatic rings. The smallest absolute Gasteiger partial charge is 0.338 e. The van der Waals surface area contributed by atoms with Gasteiger partial charge in [0.2, 0.25) is 0 Å². The van der Waals surface area contributed by atoms with Crippen molar-refractivity contribution < 1.29 is 9.53 Å². The van der Waals surface area contributed by atoms with Crippen LogP contribution in [-0.4, -0.2) is 26.2 Å². The Labute approximate surface area is 127 Å². The first-order valence-electron chi connectivity index (χ1n) is 7.79. The molecule has 0 aliphatic heterocycles. The highest BCUT2D eigenvalue weighted by atomic mass is 16.5. The Kier molecular flexibility index (Phi) is 5.10. The largest absolute Gasteiger partial charge is 0.459 e. The third-order valence-corrected chi connectivity index (χ3v) is 4.39. The maximum atomic E-state index is 12.2. The monoisotopic (exact) mass is 290 g/mol. The molecule has 0 saturated heterocycles. The second-order valence-electron chi connectivity index (χ2n) is 6.12. The number of carbonyl (C=O) groups excluding carboxylic acids is 1. The number of esters is 1. The summed E-state index contributed by atoms with van der Waals surface area (Å²) in [5.41, 5.74) is 8.03. The SMILES string of the molecule is CCC1CCC(OC(=O)c2ccc(N(C)C)c(N)c2)CC1. The number of hydrogen-bond acceptors (Lipinski definition) is 4. The van der Waals surface area contributed by atoms with Gasteiger partial charge in [-0.25, -0.2) is 4.79 Å². The summed E-state index contributed by atoms with van der Waals surface area (Å²) in [6.07, 6.45) is 5.58. The number of nitrogens with zero attached hydrogens (tertiary/aromatic N) is 1. The van der Waals surface area contributed by atoms with Crippen LogP contribution in [0.1, 0.15) is 49.4 Å². The molecule has 0 bridgehead atoms. The zero-order valence-corrected chi connectivity index (χ0v) is 13.3. The fraction of sp³-hybridized carbons (Fsp3) is 0.588. The van der Waals surface area contributed by atoms with E-state index in [0.29, 0.717) is 11.3 Å². The fourth-order valence-electron chi connectivity index (χ4n) is 2.97. The summed E-state index contributed by atoms with van der Waals surface area (Å²) in [5.74, 6) is 0.543. The van der Waals surface area contributed by atoms with E-state index in [4.69, 9.17) is 10.5 Å². The lowest BCUT2D eigenvalue weighted by Crippen LogP contribution is -2.24. The van der Waals surface area contributed by atoms with Crippen LogP contribution in [0.2, 0.25) is 0 Å². The first-order valence-corrected chi connectivity index (χ1v) is 7.79. The molecule has 4 nitrogen and oxygen atoms in total. The maximum Gasteiger partial charge on any atom is 0.338 e. The maximum absolute atomic E-state index is 12.2. The van der Waals surface area contributed by atoms with Crippen molar-refractivity contribution in [3.63, 3.8) is 0 Å². The van der Waals surface area contributed by atoms with E-state index in [9.17, 15) is 4.79 Å². The van der Waals surface area contributed by atoms with Crippen molar-refractivity contribution in [2.45, 2.75) is 45.1 Å². The van der Waals surface area contributed by atoms with Gasteiger partial charge >= 0.3 is 5.97 Å². The minimum absolute atomic E-state index is 0.0649. The third kappa shape index (κ3) is 3.90. The number of nitrogens with two attached hydrogens (primary N) is 1. The van der Waals surface area contributed by atoms with Gasteiger partial charge in [0.05, 0.1) is 16.9 Å². The summed E-state index contributed by atoms with van der Waals surface area (Å²) in [7, 11) is 3.85. The zero-order valence-electron chi connectivity index (χ0n) is 13.3. The lowest BCUT2D eigenvalue weighted by atomic mass is 9.86. The summed E-state index contributed by atoms with van der Waals surface area (Å²) >= 11 is 0. The van der Waals surface area contributed by atoms with Crippen LogP contribution in [0, 0.1) is 5.92 Å². The van der Waals surface area contributed by atoms with Crippen LogP contribution in [0.5, 0.6) is 0 Å². The third-order valence-electron chi connectivity index (χ3n) is 4.39. The standard InChI is InChI=1S/C17H26N2O2/c1-4-12-5-8-14(9-6-12)21-17(20)13-7-10-16(19(2)3)15(18)11-13/h7,10-12,14H,4-6,8-9,18H2,1-3H3. The van der Waals surface area contributed by atoms with Gasteiger partial charge in [-0.3, -0.25) is 0 Å². The first kappa shape index (κ1) is 15.7. The number of carbonyl (C=O) groups is 1. The molecule has 0 spiro atoms. The minimum atomic E-state index is -0.257. The van der Waals surface area contributed by atoms with Crippen molar-refractivity contribution in [2.75, 3.05) is 24.7 Å². The molecular formula is C17H26N2O2. The highest BCUT2D eigenvalue weighted by molar-refractivity contribution is 5.92. The average molecular weight is 290 g/mol. The normalized spacial score (nSPS) is 21.9. The van der Waals surface area contributed by atoms with Crippen molar-refractivity contribution in [3.8, 4) is 0 Å². The van der Waals surface area contributed by atoms with Gasteiger partial charge in [0, 0.05) is 14.1 Å². The molecule has 0 amide bonds. The van der Waals surface area contributed by atoms with Gasteiger partial charge in [-0.15, -0.1) is 0 Å². The summed E-state index contributed by atoms with van der Waals surface area (Å²) < 4.78 is 5.62. The van der Waals surface area contributed by atoms with Crippen molar-refractivity contribution in [1.82, 2.24) is 0 Å². The molecule has 2 N–H and O–H groups in total. The summed E-state index contributed by atoms with van der Waals surface area (Å²) in [5, 5.41) is 0. The van der Waals surface area contributed by atoms with Crippen molar-refractivity contribution in [1.29, 1.82) is 0 Å². The van der Waals surface area contributed by atoms with Crippen LogP contribution in [0.4, 0.5) is 11.4 Å². The van der Waals surface area contributed by atoms with Crippen LogP contribution >= 0.6 is 0 Å². The van der Waals surface area contributed by atoms with Crippen LogP contribution < -0.4 is 10.6 Å². The summed E-state index contributed by atoms with van der Waals surface area (Å²) in [6, 6.07) is 5.35. The molecule has 0 heterocycles. The minimum Gasteiger partial charge on any atom is -0.459 e. The van der Waals surface area contributed by atoms with E-state index in [-0.39, 0.29) is 12.1 Å². The molecule has 0 radical (unpaired) electrons. The van der Waals surface area contributed by atoms with Gasteiger partial charge in [-0.2, -0.15) is 0 Å². The number of benzene rings is 1. The van der Waals surface area contributed by atoms with Crippen LogP contribution in [0.25, 0.3) is 0 Å². The van der Waals surface area contributed by atoms with Gasteiger partial charge in [0.25, 0.3) is 0 Å². The number of anilines is 2. The Morgan fingerprint density at radius 2 is 1.95 bits per heavy atom. The Hall–Kier alpha value is -1.71. The second kappa shape index (κ2) is 6.83. The average Bonchev–Trinajstić information content (AvgIpc) is 2.47. The van der Waals surface area contributed by atoms with E-state index < -0.39 is 0 Å². The zero-order chi connectivity index (χ0) is 15.4. The van der Waals surface area contributed by atoms with Crippen LogP contribution in [0.3, 0.4) is 0 Å². The van der Waals surface area contributed by atoms with E-state index in [1.807, 2.05) is 25.1 Å². The molecular weight excluding hydrogens is 264 g/mol. The van der Waals surface area contributed by atoms with E-state index >= 15 is 0 Å². The van der Waals surface area contributed by atoms with Gasteiger partial charge in [0.1, 0.15) is 6.10 Å². The molecule has 0 unspecified atom stereocenters. The molecule has 1 aromatic carbocycles. The summed E-state index contributed by atoms with van der Waals surface area (Å²) in [4.78, 5) is 14.1. The second-order valence-corrected chi connectivity index (χ2v) is 6.12. The molecule has 1 aromatic rings. The Morgan fingerprint density at radius 3 is 2.48 bits per heavy atom. The Balaban J connectivity index is 1.96. The fourth-order valence-corrected chi connectivity index (χ4v) is 2.97. The van der Waals surface area contributed by atoms with Gasteiger partial charge in [-0.05, 0) is 49.8 Å². The van der Waals surface area contributed by atoms with Crippen molar-refractivity contribution in [3.05, 3.63) is 23.8 Å². The molecule has 4 heteroatoms. The highest BCUT2D eigenvalue weighted by Gasteiger charge is 2.23. The predicted molar refractivity (Wildman–Crippen MR) is 86.6 cm³/mol. The quantitative estimate of drug-likeness (QED) is 0.681. The van der Waals surface area contributed by atoms with E-state index in [0.717, 1.165) is 37.3 Å². The van der Waals surface area contributed by atoms with Crippen molar-refractivity contribution >= 4 is 17.3 Å². The lowest BCUT2D eigenvalue weighted by molar-refractivity contribution is 0.0164.